The zero-order chi connectivity index (χ0) is 28.6. The summed E-state index contributed by atoms with van der Waals surface area (Å²) in [5.41, 5.74) is 8.34. The fourth-order valence-corrected chi connectivity index (χ4v) is 6.66. The molecule has 1 unspecified atom stereocenters. The average Bonchev–Trinajstić information content (AvgIpc) is 3.70. The van der Waals surface area contributed by atoms with Gasteiger partial charge in [-0.05, 0) is 59.0 Å². The minimum atomic E-state index is -0.0122. The Morgan fingerprint density at radius 3 is 2.56 bits per heavy atom. The maximum atomic E-state index is 6.00. The minimum absolute atomic E-state index is 0.0122. The molecule has 3 aliphatic rings. The standard InChI is InChI=1S/C35H35N5O3/c1-2-4-31-29(3-1)30-11-13-40(34(33(30)38-31)26-7-10-32-25(21-26)12-17-43-32)35-36-22-27(23-37-35)24-5-8-28(9-6-24)42-20-16-39-14-18-41-19-15-39/h1-10,21-23,34,38H,11-20H2. The molecule has 3 aliphatic heterocycles. The molecular formula is C35H35N5O3. The predicted molar refractivity (Wildman–Crippen MR) is 167 cm³/mol. The van der Waals surface area contributed by atoms with Crippen molar-refractivity contribution in [1.82, 2.24) is 19.9 Å². The van der Waals surface area contributed by atoms with E-state index < -0.39 is 0 Å². The monoisotopic (exact) mass is 573 g/mol. The van der Waals surface area contributed by atoms with Gasteiger partial charge in [-0.15, -0.1) is 0 Å². The van der Waals surface area contributed by atoms with E-state index in [1.54, 1.807) is 0 Å². The van der Waals surface area contributed by atoms with E-state index in [-0.39, 0.29) is 6.04 Å². The molecule has 1 saturated heterocycles. The Balaban J connectivity index is 1.04. The van der Waals surface area contributed by atoms with E-state index in [4.69, 9.17) is 24.2 Å². The van der Waals surface area contributed by atoms with Gasteiger partial charge in [-0.1, -0.05) is 36.4 Å². The molecule has 218 valence electrons. The summed E-state index contributed by atoms with van der Waals surface area (Å²) < 4.78 is 17.2. The van der Waals surface area contributed by atoms with Crippen molar-refractivity contribution in [3.8, 4) is 22.6 Å². The van der Waals surface area contributed by atoms with Gasteiger partial charge in [-0.25, -0.2) is 9.97 Å². The van der Waals surface area contributed by atoms with E-state index >= 15 is 0 Å². The molecule has 43 heavy (non-hydrogen) atoms. The number of nitrogens with one attached hydrogen (secondary N) is 1. The van der Waals surface area contributed by atoms with E-state index in [1.165, 1.54) is 33.3 Å². The number of aromatic nitrogens is 3. The number of hydrogen-bond donors (Lipinski definition) is 1. The SMILES string of the molecule is c1ccc2c3c([nH]c2c1)C(c1ccc2c(c1)CCO2)N(c1ncc(-c2ccc(OCCN4CCOCC4)cc2)cn1)CC3. The molecule has 0 bridgehead atoms. The van der Waals surface area contributed by atoms with Gasteiger partial charge in [-0.2, -0.15) is 0 Å². The molecule has 8 nitrogen and oxygen atoms in total. The first-order valence-corrected chi connectivity index (χ1v) is 15.3. The lowest BCUT2D eigenvalue weighted by molar-refractivity contribution is 0.0322. The molecule has 1 atom stereocenters. The third-order valence-electron chi connectivity index (χ3n) is 8.93. The van der Waals surface area contributed by atoms with Crippen molar-refractivity contribution in [2.24, 2.45) is 0 Å². The lowest BCUT2D eigenvalue weighted by atomic mass is 9.91. The van der Waals surface area contributed by atoms with Crippen LogP contribution in [0.1, 0.15) is 28.4 Å². The molecule has 8 rings (SSSR count). The zero-order valence-corrected chi connectivity index (χ0v) is 24.2. The molecule has 0 aliphatic carbocycles. The first kappa shape index (κ1) is 26.2. The van der Waals surface area contributed by atoms with E-state index in [0.717, 1.165) is 87.4 Å². The van der Waals surface area contributed by atoms with Gasteiger partial charge < -0.3 is 24.1 Å². The number of hydrogen-bond acceptors (Lipinski definition) is 7. The Bertz CT molecular complexity index is 1730. The Morgan fingerprint density at radius 2 is 1.70 bits per heavy atom. The van der Waals surface area contributed by atoms with E-state index in [0.29, 0.717) is 6.61 Å². The molecule has 1 N–H and O–H groups in total. The average molecular weight is 574 g/mol. The number of para-hydroxylation sites is 1. The number of ether oxygens (including phenoxy) is 3. The van der Waals surface area contributed by atoms with Crippen molar-refractivity contribution in [2.45, 2.75) is 18.9 Å². The van der Waals surface area contributed by atoms with Gasteiger partial charge >= 0.3 is 0 Å². The number of fused-ring (bicyclic) bond motifs is 4. The highest BCUT2D eigenvalue weighted by Crippen LogP contribution is 2.41. The van der Waals surface area contributed by atoms with Crippen molar-refractivity contribution in [1.29, 1.82) is 0 Å². The lowest BCUT2D eigenvalue weighted by Crippen LogP contribution is -2.38. The number of nitrogens with zero attached hydrogens (tertiary/aromatic N) is 4. The maximum absolute atomic E-state index is 6.00. The van der Waals surface area contributed by atoms with Crippen LogP contribution in [0.4, 0.5) is 5.95 Å². The molecule has 0 saturated carbocycles. The van der Waals surface area contributed by atoms with Crippen molar-refractivity contribution in [3.05, 3.63) is 102 Å². The Hall–Kier alpha value is -4.40. The van der Waals surface area contributed by atoms with Crippen LogP contribution < -0.4 is 14.4 Å². The van der Waals surface area contributed by atoms with Crippen LogP contribution in [-0.2, 0) is 17.6 Å². The second kappa shape index (κ2) is 11.4. The molecule has 0 spiro atoms. The van der Waals surface area contributed by atoms with Gasteiger partial charge in [-0.3, -0.25) is 4.90 Å². The molecule has 2 aromatic heterocycles. The van der Waals surface area contributed by atoms with Crippen LogP contribution in [0.25, 0.3) is 22.0 Å². The minimum Gasteiger partial charge on any atom is -0.493 e. The first-order valence-electron chi connectivity index (χ1n) is 15.3. The zero-order valence-electron chi connectivity index (χ0n) is 24.2. The molecule has 5 heterocycles. The molecule has 0 amide bonds. The van der Waals surface area contributed by atoms with Crippen LogP contribution in [-0.4, -0.2) is 72.5 Å². The number of H-pyrrole nitrogens is 1. The van der Waals surface area contributed by atoms with Crippen LogP contribution in [0.2, 0.25) is 0 Å². The van der Waals surface area contributed by atoms with Crippen molar-refractivity contribution < 1.29 is 14.2 Å². The van der Waals surface area contributed by atoms with Gasteiger partial charge in [0.15, 0.2) is 0 Å². The van der Waals surface area contributed by atoms with E-state index in [2.05, 4.69) is 69.4 Å². The smallest absolute Gasteiger partial charge is 0.226 e. The predicted octanol–water partition coefficient (Wildman–Crippen LogP) is 5.42. The molecule has 0 radical (unpaired) electrons. The van der Waals surface area contributed by atoms with Crippen molar-refractivity contribution >= 4 is 16.9 Å². The van der Waals surface area contributed by atoms with Gasteiger partial charge in [0.05, 0.1) is 25.9 Å². The summed E-state index contributed by atoms with van der Waals surface area (Å²) in [7, 11) is 0. The Kier molecular flexibility index (Phi) is 6.93. The summed E-state index contributed by atoms with van der Waals surface area (Å²) >= 11 is 0. The third-order valence-corrected chi connectivity index (χ3v) is 8.93. The van der Waals surface area contributed by atoms with Gasteiger partial charge in [0.25, 0.3) is 0 Å². The molecule has 8 heteroatoms. The molecule has 3 aromatic carbocycles. The lowest BCUT2D eigenvalue weighted by Gasteiger charge is -2.36. The third kappa shape index (κ3) is 5.11. The van der Waals surface area contributed by atoms with Crippen LogP contribution in [0.5, 0.6) is 11.5 Å². The quantitative estimate of drug-likeness (QED) is 0.279. The highest BCUT2D eigenvalue weighted by atomic mass is 16.5. The molecular weight excluding hydrogens is 538 g/mol. The fourth-order valence-electron chi connectivity index (χ4n) is 6.66. The second-order valence-corrected chi connectivity index (χ2v) is 11.5. The summed E-state index contributed by atoms with van der Waals surface area (Å²) in [6.07, 6.45) is 5.75. The normalized spacial score (nSPS) is 18.3. The number of rotatable bonds is 7. The van der Waals surface area contributed by atoms with Crippen LogP contribution in [0.3, 0.4) is 0 Å². The van der Waals surface area contributed by atoms with Crippen molar-refractivity contribution in [2.75, 3.05) is 57.5 Å². The van der Waals surface area contributed by atoms with Gasteiger partial charge in [0, 0.05) is 67.2 Å². The van der Waals surface area contributed by atoms with Gasteiger partial charge in [0.1, 0.15) is 18.1 Å². The number of aromatic amines is 1. The molecule has 1 fully saturated rings. The van der Waals surface area contributed by atoms with Crippen molar-refractivity contribution in [3.63, 3.8) is 0 Å². The summed E-state index contributed by atoms with van der Waals surface area (Å²) in [5.74, 6) is 2.61. The van der Waals surface area contributed by atoms with Gasteiger partial charge in [0.2, 0.25) is 5.95 Å². The van der Waals surface area contributed by atoms with Crippen LogP contribution in [0, 0.1) is 0 Å². The number of morpholine rings is 1. The second-order valence-electron chi connectivity index (χ2n) is 11.5. The number of benzene rings is 3. The van der Waals surface area contributed by atoms with Crippen LogP contribution >= 0.6 is 0 Å². The molecule has 5 aromatic rings. The fraction of sp³-hybridized carbons (Fsp3) is 0.314. The largest absolute Gasteiger partial charge is 0.493 e. The summed E-state index contributed by atoms with van der Waals surface area (Å²) in [5, 5.41) is 1.30. The number of anilines is 1. The van der Waals surface area contributed by atoms with Crippen LogP contribution in [0.15, 0.2) is 79.1 Å². The summed E-state index contributed by atoms with van der Waals surface area (Å²) in [6, 6.07) is 23.4. The Labute approximate surface area is 251 Å². The Morgan fingerprint density at radius 1 is 0.860 bits per heavy atom. The first-order chi connectivity index (χ1) is 21.3. The van der Waals surface area contributed by atoms with E-state index in [1.807, 2.05) is 24.5 Å². The summed E-state index contributed by atoms with van der Waals surface area (Å²) in [6.45, 7) is 6.73. The topological polar surface area (TPSA) is 75.7 Å². The highest BCUT2D eigenvalue weighted by Gasteiger charge is 2.34. The summed E-state index contributed by atoms with van der Waals surface area (Å²) in [4.78, 5) is 18.3. The highest BCUT2D eigenvalue weighted by molar-refractivity contribution is 5.86. The van der Waals surface area contributed by atoms with E-state index in [9.17, 15) is 0 Å². The maximum Gasteiger partial charge on any atom is 0.226 e.